The zero-order chi connectivity index (χ0) is 17.9. The highest BCUT2D eigenvalue weighted by atomic mass is 32.2. The average molecular weight is 377 g/mol. The summed E-state index contributed by atoms with van der Waals surface area (Å²) in [5.41, 5.74) is 1.26. The predicted molar refractivity (Wildman–Crippen MR) is 106 cm³/mol. The summed E-state index contributed by atoms with van der Waals surface area (Å²) in [6.45, 7) is 6.01. The van der Waals surface area contributed by atoms with E-state index in [2.05, 4.69) is 27.2 Å². The molecule has 0 aliphatic carbocycles. The van der Waals surface area contributed by atoms with Crippen molar-refractivity contribution in [3.63, 3.8) is 0 Å². The number of ether oxygens (including phenoxy) is 1. The minimum Gasteiger partial charge on any atom is -0.497 e. The van der Waals surface area contributed by atoms with Crippen LogP contribution in [0.25, 0.3) is 0 Å². The summed E-state index contributed by atoms with van der Waals surface area (Å²) in [7, 11) is 1.70. The third-order valence-electron chi connectivity index (χ3n) is 5.74. The number of piperazine rings is 1. The summed E-state index contributed by atoms with van der Waals surface area (Å²) in [5, 5.41) is 3.47. The molecule has 26 heavy (non-hydrogen) atoms. The second kappa shape index (κ2) is 8.06. The van der Waals surface area contributed by atoms with E-state index in [1.165, 1.54) is 5.69 Å². The number of amides is 1. The lowest BCUT2D eigenvalue weighted by atomic mass is 10.1. The molecule has 3 aliphatic rings. The van der Waals surface area contributed by atoms with Gasteiger partial charge in [0.25, 0.3) is 0 Å². The van der Waals surface area contributed by atoms with Crippen molar-refractivity contribution in [3.05, 3.63) is 24.3 Å². The molecule has 1 aromatic carbocycles. The molecular formula is C19H28N4O2S. The SMILES string of the molecule is COc1ccc(N2CCN([C@@H]3CN[C@H](C(=O)N4CCSC4)C3)CC2)cc1. The molecule has 0 unspecified atom stereocenters. The van der Waals surface area contributed by atoms with E-state index in [0.717, 1.165) is 63.1 Å². The number of anilines is 1. The number of hydrogen-bond donors (Lipinski definition) is 1. The first-order chi connectivity index (χ1) is 12.7. The summed E-state index contributed by atoms with van der Waals surface area (Å²) in [6.07, 6.45) is 0.947. The second-order valence-corrected chi connectivity index (χ2v) is 8.29. The van der Waals surface area contributed by atoms with Crippen LogP contribution in [0.3, 0.4) is 0 Å². The summed E-state index contributed by atoms with van der Waals surface area (Å²) in [4.78, 5) is 19.6. The Morgan fingerprint density at radius 2 is 1.92 bits per heavy atom. The zero-order valence-corrected chi connectivity index (χ0v) is 16.2. The van der Waals surface area contributed by atoms with Crippen molar-refractivity contribution in [2.45, 2.75) is 18.5 Å². The van der Waals surface area contributed by atoms with Gasteiger partial charge in [0.15, 0.2) is 0 Å². The lowest BCUT2D eigenvalue weighted by Gasteiger charge is -2.39. The van der Waals surface area contributed by atoms with Gasteiger partial charge in [-0.2, -0.15) is 0 Å². The van der Waals surface area contributed by atoms with Gasteiger partial charge in [-0.05, 0) is 30.7 Å². The maximum absolute atomic E-state index is 12.6. The molecule has 3 heterocycles. The summed E-state index contributed by atoms with van der Waals surface area (Å²) >= 11 is 1.85. The fourth-order valence-corrected chi connectivity index (χ4v) is 5.09. The summed E-state index contributed by atoms with van der Waals surface area (Å²) < 4.78 is 5.24. The lowest BCUT2D eigenvalue weighted by molar-refractivity contribution is -0.131. The number of nitrogens with one attached hydrogen (secondary N) is 1. The molecule has 0 spiro atoms. The normalized spacial score (nSPS) is 27.1. The van der Waals surface area contributed by atoms with Crippen LogP contribution in [0.1, 0.15) is 6.42 Å². The Balaban J connectivity index is 1.27. The number of carbonyl (C=O) groups is 1. The largest absolute Gasteiger partial charge is 0.497 e. The zero-order valence-electron chi connectivity index (χ0n) is 15.4. The van der Waals surface area contributed by atoms with E-state index in [4.69, 9.17) is 4.74 Å². The van der Waals surface area contributed by atoms with Gasteiger partial charge in [-0.15, -0.1) is 11.8 Å². The third-order valence-corrected chi connectivity index (χ3v) is 6.70. The van der Waals surface area contributed by atoms with Crippen LogP contribution in [0.4, 0.5) is 5.69 Å². The molecular weight excluding hydrogens is 348 g/mol. The molecule has 1 N–H and O–H groups in total. The number of carbonyl (C=O) groups excluding carboxylic acids is 1. The number of rotatable bonds is 4. The Bertz CT molecular complexity index is 612. The molecule has 1 aromatic rings. The number of hydrogen-bond acceptors (Lipinski definition) is 6. The smallest absolute Gasteiger partial charge is 0.240 e. The van der Waals surface area contributed by atoms with Gasteiger partial charge < -0.3 is 19.9 Å². The van der Waals surface area contributed by atoms with Crippen LogP contribution in [0.15, 0.2) is 24.3 Å². The van der Waals surface area contributed by atoms with Gasteiger partial charge in [0, 0.05) is 56.8 Å². The first-order valence-electron chi connectivity index (χ1n) is 9.47. The van der Waals surface area contributed by atoms with Gasteiger partial charge >= 0.3 is 0 Å². The maximum Gasteiger partial charge on any atom is 0.240 e. The summed E-state index contributed by atoms with van der Waals surface area (Å²) in [5.74, 6) is 3.14. The fourth-order valence-electron chi connectivity index (χ4n) is 4.13. The first kappa shape index (κ1) is 17.9. The Morgan fingerprint density at radius 1 is 1.15 bits per heavy atom. The van der Waals surface area contributed by atoms with Crippen LogP contribution < -0.4 is 15.0 Å². The minimum absolute atomic E-state index is 0.0123. The Labute approximate surface area is 159 Å². The molecule has 3 aliphatic heterocycles. The van der Waals surface area contributed by atoms with Crippen LogP contribution in [-0.4, -0.2) is 85.8 Å². The van der Waals surface area contributed by atoms with Crippen molar-refractivity contribution in [2.75, 3.05) is 62.9 Å². The minimum atomic E-state index is 0.0123. The van der Waals surface area contributed by atoms with Crippen molar-refractivity contribution >= 4 is 23.4 Å². The monoisotopic (exact) mass is 376 g/mol. The standard InChI is InChI=1S/C19H28N4O2S/c1-25-17-4-2-15(3-5-17)21-6-8-22(9-7-21)16-12-18(20-13-16)19(24)23-10-11-26-14-23/h2-5,16,18,20H,6-14H2,1H3/t16-,18-/m0/s1. The van der Waals surface area contributed by atoms with Crippen molar-refractivity contribution in [3.8, 4) is 5.75 Å². The Kier molecular flexibility index (Phi) is 5.57. The van der Waals surface area contributed by atoms with Crippen molar-refractivity contribution in [1.82, 2.24) is 15.1 Å². The molecule has 1 amide bonds. The second-order valence-electron chi connectivity index (χ2n) is 7.21. The molecule has 3 fully saturated rings. The molecule has 3 saturated heterocycles. The molecule has 0 bridgehead atoms. The van der Waals surface area contributed by atoms with Crippen molar-refractivity contribution in [1.29, 1.82) is 0 Å². The Hall–Kier alpha value is -1.44. The highest BCUT2D eigenvalue weighted by Crippen LogP contribution is 2.24. The lowest BCUT2D eigenvalue weighted by Crippen LogP contribution is -2.51. The first-order valence-corrected chi connectivity index (χ1v) is 10.6. The highest BCUT2D eigenvalue weighted by molar-refractivity contribution is 7.99. The van der Waals surface area contributed by atoms with Gasteiger partial charge in [-0.3, -0.25) is 9.69 Å². The number of methoxy groups -OCH3 is 1. The average Bonchev–Trinajstić information content (AvgIpc) is 3.40. The molecule has 142 valence electrons. The van der Waals surface area contributed by atoms with Crippen molar-refractivity contribution < 1.29 is 9.53 Å². The quantitative estimate of drug-likeness (QED) is 0.849. The van der Waals surface area contributed by atoms with E-state index in [1.807, 2.05) is 28.8 Å². The topological polar surface area (TPSA) is 48.1 Å². The van der Waals surface area contributed by atoms with Crippen LogP contribution in [0.2, 0.25) is 0 Å². The van der Waals surface area contributed by atoms with Gasteiger partial charge in [-0.1, -0.05) is 0 Å². The van der Waals surface area contributed by atoms with Gasteiger partial charge in [-0.25, -0.2) is 0 Å². The van der Waals surface area contributed by atoms with Gasteiger partial charge in [0.2, 0.25) is 5.91 Å². The maximum atomic E-state index is 12.6. The van der Waals surface area contributed by atoms with E-state index in [1.54, 1.807) is 7.11 Å². The third kappa shape index (κ3) is 3.80. The molecule has 0 saturated carbocycles. The molecule has 4 rings (SSSR count). The van der Waals surface area contributed by atoms with Crippen LogP contribution in [0.5, 0.6) is 5.75 Å². The molecule has 7 heteroatoms. The van der Waals surface area contributed by atoms with Gasteiger partial charge in [0.1, 0.15) is 5.75 Å². The fraction of sp³-hybridized carbons (Fsp3) is 0.632. The Morgan fingerprint density at radius 3 is 2.58 bits per heavy atom. The molecule has 2 atom stereocenters. The molecule has 6 nitrogen and oxygen atoms in total. The van der Waals surface area contributed by atoms with E-state index in [0.29, 0.717) is 11.9 Å². The number of thioether (sulfide) groups is 1. The van der Waals surface area contributed by atoms with Gasteiger partial charge in [0.05, 0.1) is 19.0 Å². The van der Waals surface area contributed by atoms with Crippen LogP contribution in [0, 0.1) is 0 Å². The van der Waals surface area contributed by atoms with E-state index >= 15 is 0 Å². The van der Waals surface area contributed by atoms with Crippen LogP contribution >= 0.6 is 11.8 Å². The van der Waals surface area contributed by atoms with E-state index in [-0.39, 0.29) is 6.04 Å². The van der Waals surface area contributed by atoms with Crippen molar-refractivity contribution in [2.24, 2.45) is 0 Å². The number of nitrogens with zero attached hydrogens (tertiary/aromatic N) is 3. The summed E-state index contributed by atoms with van der Waals surface area (Å²) in [6, 6.07) is 8.81. The predicted octanol–water partition coefficient (Wildman–Crippen LogP) is 1.08. The van der Waals surface area contributed by atoms with Crippen LogP contribution in [-0.2, 0) is 4.79 Å². The van der Waals surface area contributed by atoms with E-state index in [9.17, 15) is 4.79 Å². The molecule has 0 aromatic heterocycles. The highest BCUT2D eigenvalue weighted by Gasteiger charge is 2.36. The number of benzene rings is 1. The molecule has 0 radical (unpaired) electrons. The van der Waals surface area contributed by atoms with E-state index < -0.39 is 0 Å².